The van der Waals surface area contributed by atoms with Gasteiger partial charge in [0.05, 0.1) is 28.9 Å². The number of aromatic nitrogens is 4. The molecule has 4 rings (SSSR count). The van der Waals surface area contributed by atoms with E-state index in [9.17, 15) is 0 Å². The van der Waals surface area contributed by atoms with Gasteiger partial charge in [-0.3, -0.25) is 0 Å². The molecule has 0 radical (unpaired) electrons. The lowest BCUT2D eigenvalue weighted by Gasteiger charge is -2.21. The van der Waals surface area contributed by atoms with E-state index >= 15 is 0 Å². The number of fused-ring (bicyclic) bond motifs is 2. The second kappa shape index (κ2) is 8.26. The van der Waals surface area contributed by atoms with Crippen LogP contribution < -0.4 is 4.90 Å². The van der Waals surface area contributed by atoms with Crippen LogP contribution in [0.1, 0.15) is 29.3 Å². The van der Waals surface area contributed by atoms with Gasteiger partial charge in [0.1, 0.15) is 0 Å². The Labute approximate surface area is 175 Å². The number of hydrogen-bond acceptors (Lipinski definition) is 6. The van der Waals surface area contributed by atoms with Crippen LogP contribution in [0.5, 0.6) is 0 Å². The summed E-state index contributed by atoms with van der Waals surface area (Å²) in [6.45, 7) is 6.05. The van der Waals surface area contributed by atoms with Crippen molar-refractivity contribution in [2.75, 3.05) is 38.9 Å². The summed E-state index contributed by atoms with van der Waals surface area (Å²) in [4.78, 5) is 6.99. The van der Waals surface area contributed by atoms with Gasteiger partial charge in [0.25, 0.3) is 0 Å². The van der Waals surface area contributed by atoms with Crippen molar-refractivity contribution in [1.29, 1.82) is 0 Å². The van der Waals surface area contributed by atoms with Crippen LogP contribution in [0.3, 0.4) is 0 Å². The molecule has 0 saturated heterocycles. The number of anilines is 2. The normalized spacial score (nSPS) is 14.6. The van der Waals surface area contributed by atoms with E-state index in [4.69, 9.17) is 26.1 Å². The highest BCUT2D eigenvalue weighted by Crippen LogP contribution is 2.42. The van der Waals surface area contributed by atoms with Crippen molar-refractivity contribution in [3.8, 4) is 0 Å². The molecule has 1 aliphatic heterocycles. The third kappa shape index (κ3) is 3.70. The van der Waals surface area contributed by atoms with Gasteiger partial charge in [0.2, 0.25) is 0 Å². The fourth-order valence-electron chi connectivity index (χ4n) is 4.08. The minimum atomic E-state index is 0.0386. The fraction of sp³-hybridized carbons (Fsp3) is 0.476. The van der Waals surface area contributed by atoms with E-state index < -0.39 is 0 Å². The van der Waals surface area contributed by atoms with Crippen LogP contribution in [-0.2, 0) is 15.9 Å². The van der Waals surface area contributed by atoms with Crippen molar-refractivity contribution < 1.29 is 9.47 Å². The molecule has 0 aliphatic carbocycles. The number of aryl methyl sites for hydroxylation is 2. The average molecular weight is 416 g/mol. The zero-order valence-electron chi connectivity index (χ0n) is 17.3. The number of methoxy groups -OCH3 is 2. The Hall–Kier alpha value is -2.22. The van der Waals surface area contributed by atoms with Crippen LogP contribution in [0.25, 0.3) is 11.0 Å². The third-order valence-corrected chi connectivity index (χ3v) is 5.64. The minimum Gasteiger partial charge on any atom is -0.385 e. The highest BCUT2D eigenvalue weighted by molar-refractivity contribution is 6.33. The van der Waals surface area contributed by atoms with Gasteiger partial charge >= 0.3 is 0 Å². The fourth-order valence-corrected chi connectivity index (χ4v) is 4.48. The zero-order valence-corrected chi connectivity index (χ0v) is 18.0. The zero-order chi connectivity index (χ0) is 20.5. The quantitative estimate of drug-likeness (QED) is 0.580. The Morgan fingerprint density at radius 1 is 1.17 bits per heavy atom. The third-order valence-electron chi connectivity index (χ3n) is 5.35. The van der Waals surface area contributed by atoms with Crippen LogP contribution in [0.4, 0.5) is 11.5 Å². The van der Waals surface area contributed by atoms with Crippen molar-refractivity contribution >= 4 is 34.1 Å². The smallest absolute Gasteiger partial charge is 0.163 e. The molecule has 0 fully saturated rings. The lowest BCUT2D eigenvalue weighted by Crippen LogP contribution is -2.19. The summed E-state index contributed by atoms with van der Waals surface area (Å²) >= 11 is 6.62. The summed E-state index contributed by atoms with van der Waals surface area (Å²) in [5.74, 6) is 0.804. The maximum atomic E-state index is 6.62. The monoisotopic (exact) mass is 415 g/mol. The van der Waals surface area contributed by atoms with Gasteiger partial charge in [-0.05, 0) is 49.9 Å². The van der Waals surface area contributed by atoms with E-state index in [1.807, 2.05) is 23.7 Å². The summed E-state index contributed by atoms with van der Waals surface area (Å²) in [7, 11) is 3.40. The molecule has 8 heteroatoms. The highest BCUT2D eigenvalue weighted by atomic mass is 35.5. The summed E-state index contributed by atoms with van der Waals surface area (Å²) in [5.41, 5.74) is 6.08. The molecule has 0 spiro atoms. The Morgan fingerprint density at radius 3 is 2.76 bits per heavy atom. The summed E-state index contributed by atoms with van der Waals surface area (Å²) in [6, 6.07) is 6.27. The van der Waals surface area contributed by atoms with Gasteiger partial charge in [-0.2, -0.15) is 0 Å². The van der Waals surface area contributed by atoms with E-state index in [0.717, 1.165) is 52.6 Å². The summed E-state index contributed by atoms with van der Waals surface area (Å²) in [6.07, 6.45) is 1.72. The molecule has 0 unspecified atom stereocenters. The van der Waals surface area contributed by atoms with Gasteiger partial charge in [-0.25, -0.2) is 9.67 Å². The van der Waals surface area contributed by atoms with Crippen LogP contribution in [0.2, 0.25) is 5.02 Å². The first-order valence-electron chi connectivity index (χ1n) is 9.80. The number of rotatable bonds is 7. The molecular formula is C21H26ClN5O2. The first-order chi connectivity index (χ1) is 14.0. The first kappa shape index (κ1) is 20.1. The van der Waals surface area contributed by atoms with Crippen molar-refractivity contribution in [1.82, 2.24) is 20.0 Å². The molecule has 1 aliphatic rings. The molecule has 3 aromatic rings. The van der Waals surface area contributed by atoms with Crippen molar-refractivity contribution in [2.24, 2.45) is 0 Å². The lowest BCUT2D eigenvalue weighted by molar-refractivity contribution is 0.117. The molecule has 2 aromatic heterocycles. The average Bonchev–Trinajstić information content (AvgIpc) is 3.29. The maximum absolute atomic E-state index is 6.62. The Bertz CT molecular complexity index is 1040. The molecule has 1 atom stereocenters. The van der Waals surface area contributed by atoms with Gasteiger partial charge in [0.15, 0.2) is 11.3 Å². The highest BCUT2D eigenvalue weighted by Gasteiger charge is 2.28. The van der Waals surface area contributed by atoms with E-state index in [-0.39, 0.29) is 6.04 Å². The second-order valence-corrected chi connectivity index (χ2v) is 7.94. The molecule has 0 bridgehead atoms. The van der Waals surface area contributed by atoms with Gasteiger partial charge in [0, 0.05) is 33.1 Å². The number of hydrogen-bond donors (Lipinski definition) is 0. The molecule has 0 amide bonds. The molecular weight excluding hydrogens is 390 g/mol. The molecule has 3 heterocycles. The molecule has 154 valence electrons. The Morgan fingerprint density at radius 2 is 2.00 bits per heavy atom. The van der Waals surface area contributed by atoms with Crippen LogP contribution in [0, 0.1) is 13.8 Å². The predicted molar refractivity (Wildman–Crippen MR) is 114 cm³/mol. The topological polar surface area (TPSA) is 65.3 Å². The van der Waals surface area contributed by atoms with Gasteiger partial charge in [-0.1, -0.05) is 22.9 Å². The second-order valence-electron chi connectivity index (χ2n) is 7.54. The maximum Gasteiger partial charge on any atom is 0.163 e. The molecule has 29 heavy (non-hydrogen) atoms. The molecule has 0 N–H and O–H groups in total. The van der Waals surface area contributed by atoms with Gasteiger partial charge in [-0.15, -0.1) is 5.10 Å². The summed E-state index contributed by atoms with van der Waals surface area (Å²) in [5, 5.41) is 9.72. The molecule has 0 saturated carbocycles. The first-order valence-corrected chi connectivity index (χ1v) is 10.2. The largest absolute Gasteiger partial charge is 0.385 e. The number of ether oxygens (including phenoxy) is 2. The standard InChI is InChI=1S/C21H26ClN5O2/c1-13-9-15-5-7-26(20(15)17(22)10-13)21-19-18(11-14(2)23-21)27(25-24-19)16(12-29-4)6-8-28-3/h9-11,16H,5-8,12H2,1-4H3/t16-/m1/s1. The van der Waals surface area contributed by atoms with Crippen LogP contribution >= 0.6 is 11.6 Å². The number of nitrogens with zero attached hydrogens (tertiary/aromatic N) is 5. The van der Waals surface area contributed by atoms with Crippen molar-refractivity contribution in [3.05, 3.63) is 40.0 Å². The van der Waals surface area contributed by atoms with E-state index in [2.05, 4.69) is 28.2 Å². The number of pyridine rings is 1. The van der Waals surface area contributed by atoms with Crippen LogP contribution in [0.15, 0.2) is 18.2 Å². The lowest BCUT2D eigenvalue weighted by atomic mass is 10.1. The van der Waals surface area contributed by atoms with E-state index in [0.29, 0.717) is 13.2 Å². The minimum absolute atomic E-state index is 0.0386. The predicted octanol–water partition coefficient (Wildman–Crippen LogP) is 4.01. The van der Waals surface area contributed by atoms with Gasteiger partial charge < -0.3 is 14.4 Å². The van der Waals surface area contributed by atoms with E-state index in [1.165, 1.54) is 11.1 Å². The number of benzene rings is 1. The van der Waals surface area contributed by atoms with Crippen LogP contribution in [-0.4, -0.2) is 54.0 Å². The Kier molecular flexibility index (Phi) is 5.72. The van der Waals surface area contributed by atoms with Crippen molar-refractivity contribution in [3.63, 3.8) is 0 Å². The summed E-state index contributed by atoms with van der Waals surface area (Å²) < 4.78 is 12.6. The SMILES string of the molecule is COCC[C@H](COC)n1nnc2c(N3CCc4cc(C)cc(Cl)c43)nc(C)cc21. The number of halogens is 1. The van der Waals surface area contributed by atoms with E-state index in [1.54, 1.807) is 14.2 Å². The van der Waals surface area contributed by atoms with Crippen molar-refractivity contribution in [2.45, 2.75) is 32.7 Å². The molecule has 7 nitrogen and oxygen atoms in total. The Balaban J connectivity index is 1.81. The molecule has 1 aromatic carbocycles.